The average Bonchev–Trinajstić information content (AvgIpc) is 3.23. The molecular weight excluding hydrogens is 414 g/mol. The Kier molecular flexibility index (Phi) is 7.19. The lowest BCUT2D eigenvalue weighted by molar-refractivity contribution is 0.112. The van der Waals surface area contributed by atoms with Crippen molar-refractivity contribution in [2.24, 2.45) is 0 Å². The Bertz CT molecular complexity index is 1250. The van der Waals surface area contributed by atoms with Crippen molar-refractivity contribution in [1.82, 2.24) is 19.9 Å². The number of para-hydroxylation sites is 1. The van der Waals surface area contributed by atoms with Crippen LogP contribution in [0.4, 0.5) is 5.82 Å². The zero-order chi connectivity index (χ0) is 23.2. The van der Waals surface area contributed by atoms with Crippen molar-refractivity contribution >= 4 is 33.9 Å². The summed E-state index contributed by atoms with van der Waals surface area (Å²) in [5.41, 5.74) is 2.82. The largest absolute Gasteiger partial charge is 0.497 e. The van der Waals surface area contributed by atoms with Gasteiger partial charge in [0.2, 0.25) is 0 Å². The van der Waals surface area contributed by atoms with Gasteiger partial charge in [0.15, 0.2) is 12.1 Å². The summed E-state index contributed by atoms with van der Waals surface area (Å²) in [6.07, 6.45) is 3.03. The maximum atomic E-state index is 12.0. The molecule has 0 aliphatic heterocycles. The molecule has 0 fully saturated rings. The number of hydrogen-bond donors (Lipinski definition) is 2. The van der Waals surface area contributed by atoms with Gasteiger partial charge in [0.25, 0.3) is 0 Å². The van der Waals surface area contributed by atoms with Gasteiger partial charge in [0.1, 0.15) is 11.6 Å². The molecule has 0 amide bonds. The number of unbranched alkanes of at least 4 members (excludes halogenated alkanes) is 1. The van der Waals surface area contributed by atoms with E-state index in [2.05, 4.69) is 29.0 Å². The second-order valence-corrected chi connectivity index (χ2v) is 8.02. The number of aldehydes is 1. The van der Waals surface area contributed by atoms with Gasteiger partial charge >= 0.3 is 0 Å². The molecule has 7 heteroatoms. The van der Waals surface area contributed by atoms with E-state index in [9.17, 15) is 4.79 Å². The fourth-order valence-corrected chi connectivity index (χ4v) is 4.15. The van der Waals surface area contributed by atoms with Crippen molar-refractivity contribution in [2.75, 3.05) is 38.6 Å². The van der Waals surface area contributed by atoms with E-state index in [-0.39, 0.29) is 0 Å². The number of fused-ring (bicyclic) bond motifs is 2. The summed E-state index contributed by atoms with van der Waals surface area (Å²) in [4.78, 5) is 27.4. The van der Waals surface area contributed by atoms with Crippen LogP contribution in [-0.4, -0.2) is 59.4 Å². The number of carbonyl (C=O) groups excluding carboxylic acids is 1. The molecule has 0 saturated carbocycles. The third-order valence-electron chi connectivity index (χ3n) is 6.08. The molecule has 2 heterocycles. The van der Waals surface area contributed by atoms with E-state index in [0.717, 1.165) is 72.9 Å². The van der Waals surface area contributed by atoms with Gasteiger partial charge in [-0.1, -0.05) is 26.0 Å². The van der Waals surface area contributed by atoms with E-state index in [1.54, 1.807) is 7.11 Å². The van der Waals surface area contributed by atoms with Crippen LogP contribution < -0.4 is 10.1 Å². The van der Waals surface area contributed by atoms with Crippen LogP contribution in [0.15, 0.2) is 42.5 Å². The van der Waals surface area contributed by atoms with E-state index >= 15 is 0 Å². The van der Waals surface area contributed by atoms with Crippen LogP contribution in [0.1, 0.15) is 37.0 Å². The molecule has 4 aromatic rings. The lowest BCUT2D eigenvalue weighted by atomic mass is 10.1. The highest BCUT2D eigenvalue weighted by Crippen LogP contribution is 2.32. The molecule has 7 nitrogen and oxygen atoms in total. The van der Waals surface area contributed by atoms with Gasteiger partial charge in [-0.05, 0) is 62.8 Å². The number of rotatable bonds is 11. The lowest BCUT2D eigenvalue weighted by Gasteiger charge is -2.17. The van der Waals surface area contributed by atoms with Gasteiger partial charge in [-0.25, -0.2) is 9.97 Å². The van der Waals surface area contributed by atoms with Crippen LogP contribution in [-0.2, 0) is 0 Å². The summed E-state index contributed by atoms with van der Waals surface area (Å²) in [5, 5.41) is 5.27. The van der Waals surface area contributed by atoms with Gasteiger partial charge in [-0.2, -0.15) is 0 Å². The summed E-state index contributed by atoms with van der Waals surface area (Å²) in [6.45, 7) is 8.49. The fourth-order valence-electron chi connectivity index (χ4n) is 4.15. The van der Waals surface area contributed by atoms with Crippen molar-refractivity contribution in [3.63, 3.8) is 0 Å². The Morgan fingerprint density at radius 1 is 1.06 bits per heavy atom. The first kappa shape index (κ1) is 22.7. The fraction of sp³-hybridized carbons (Fsp3) is 0.346. The van der Waals surface area contributed by atoms with Crippen molar-refractivity contribution in [3.8, 4) is 17.3 Å². The van der Waals surface area contributed by atoms with Crippen LogP contribution in [0.5, 0.6) is 5.75 Å². The van der Waals surface area contributed by atoms with Crippen molar-refractivity contribution in [3.05, 3.63) is 48.0 Å². The molecule has 172 valence electrons. The van der Waals surface area contributed by atoms with Crippen LogP contribution >= 0.6 is 0 Å². The molecule has 2 aromatic heterocycles. The number of carbonyl (C=O) groups is 1. The van der Waals surface area contributed by atoms with Gasteiger partial charge in [0, 0.05) is 22.8 Å². The molecular formula is C26H31N5O2. The normalized spacial score (nSPS) is 11.4. The Morgan fingerprint density at radius 3 is 2.64 bits per heavy atom. The first-order valence-corrected chi connectivity index (χ1v) is 11.6. The number of methoxy groups -OCH3 is 1. The average molecular weight is 446 g/mol. The van der Waals surface area contributed by atoms with Crippen LogP contribution in [0.3, 0.4) is 0 Å². The maximum Gasteiger partial charge on any atom is 0.179 e. The Morgan fingerprint density at radius 2 is 1.88 bits per heavy atom. The number of aromatic amines is 1. The number of ether oxygens (including phenoxy) is 1. The second kappa shape index (κ2) is 10.4. The minimum atomic E-state index is 0.497. The van der Waals surface area contributed by atoms with Crippen LogP contribution in [0.2, 0.25) is 0 Å². The molecule has 0 aliphatic carbocycles. The molecule has 0 atom stereocenters. The highest BCUT2D eigenvalue weighted by Gasteiger charge is 2.18. The third-order valence-corrected chi connectivity index (χ3v) is 6.08. The molecule has 0 spiro atoms. The van der Waals surface area contributed by atoms with Crippen molar-refractivity contribution < 1.29 is 9.53 Å². The van der Waals surface area contributed by atoms with Crippen LogP contribution in [0, 0.1) is 0 Å². The number of anilines is 1. The molecule has 0 unspecified atom stereocenters. The molecule has 0 radical (unpaired) electrons. The first-order valence-electron chi connectivity index (χ1n) is 11.6. The molecule has 0 bridgehead atoms. The van der Waals surface area contributed by atoms with E-state index in [4.69, 9.17) is 14.7 Å². The lowest BCUT2D eigenvalue weighted by Crippen LogP contribution is -2.24. The van der Waals surface area contributed by atoms with Crippen molar-refractivity contribution in [2.45, 2.75) is 26.7 Å². The van der Waals surface area contributed by atoms with E-state index < -0.39 is 0 Å². The number of hydrogen-bond acceptors (Lipinski definition) is 6. The van der Waals surface area contributed by atoms with Gasteiger partial charge in [-0.15, -0.1) is 0 Å². The zero-order valence-electron chi connectivity index (χ0n) is 19.5. The van der Waals surface area contributed by atoms with E-state index in [1.165, 1.54) is 0 Å². The SMILES string of the molecule is CCN(CC)CCCCNc1nc(-c2[nH]c3ccc(OC)cc3c2C=O)nc2ccccc12. The smallest absolute Gasteiger partial charge is 0.179 e. The number of nitrogens with zero attached hydrogens (tertiary/aromatic N) is 3. The highest BCUT2D eigenvalue weighted by atomic mass is 16.5. The van der Waals surface area contributed by atoms with Crippen LogP contribution in [0.25, 0.3) is 33.3 Å². The molecule has 2 N–H and O–H groups in total. The first-order chi connectivity index (χ1) is 16.2. The monoisotopic (exact) mass is 445 g/mol. The molecule has 0 saturated heterocycles. The summed E-state index contributed by atoms with van der Waals surface area (Å²) >= 11 is 0. The number of benzene rings is 2. The Labute approximate surface area is 194 Å². The summed E-state index contributed by atoms with van der Waals surface area (Å²) in [7, 11) is 1.61. The molecule has 2 aromatic carbocycles. The number of H-pyrrole nitrogens is 1. The standard InChI is InChI=1S/C26H31N5O2/c1-4-31(5-2)15-9-8-14-27-25-19-10-6-7-11-22(19)29-26(30-25)24-21(17-32)20-16-18(33-3)12-13-23(20)28-24/h6-7,10-13,16-17,28H,4-5,8-9,14-15H2,1-3H3,(H,27,29,30). The third kappa shape index (κ3) is 4.83. The summed E-state index contributed by atoms with van der Waals surface area (Å²) in [6, 6.07) is 13.6. The molecule has 4 rings (SSSR count). The molecule has 0 aliphatic rings. The van der Waals surface area contributed by atoms with E-state index in [0.29, 0.717) is 22.8 Å². The summed E-state index contributed by atoms with van der Waals surface area (Å²) < 4.78 is 5.33. The number of nitrogens with one attached hydrogen (secondary N) is 2. The molecule has 33 heavy (non-hydrogen) atoms. The predicted octanol–water partition coefficient (Wildman–Crippen LogP) is 5.13. The zero-order valence-corrected chi connectivity index (χ0v) is 19.5. The number of aromatic nitrogens is 3. The Balaban J connectivity index is 1.65. The highest BCUT2D eigenvalue weighted by molar-refractivity contribution is 6.04. The minimum absolute atomic E-state index is 0.497. The maximum absolute atomic E-state index is 12.0. The Hall–Kier alpha value is -3.45. The second-order valence-electron chi connectivity index (χ2n) is 8.02. The van der Waals surface area contributed by atoms with Gasteiger partial charge in [0.05, 0.1) is 23.9 Å². The quantitative estimate of drug-likeness (QED) is 0.246. The van der Waals surface area contributed by atoms with Crippen molar-refractivity contribution in [1.29, 1.82) is 0 Å². The van der Waals surface area contributed by atoms with E-state index in [1.807, 2.05) is 42.5 Å². The predicted molar refractivity (Wildman–Crippen MR) is 134 cm³/mol. The topological polar surface area (TPSA) is 83.1 Å². The van der Waals surface area contributed by atoms with Gasteiger partial charge in [-0.3, -0.25) is 4.79 Å². The summed E-state index contributed by atoms with van der Waals surface area (Å²) in [5.74, 6) is 1.98. The minimum Gasteiger partial charge on any atom is -0.497 e. The van der Waals surface area contributed by atoms with Gasteiger partial charge < -0.3 is 19.9 Å².